The summed E-state index contributed by atoms with van der Waals surface area (Å²) in [5.74, 6) is -0.463. The summed E-state index contributed by atoms with van der Waals surface area (Å²) >= 11 is 0. The molecule has 0 fully saturated rings. The van der Waals surface area contributed by atoms with Gasteiger partial charge < -0.3 is 24.9 Å². The molecule has 0 saturated carbocycles. The highest BCUT2D eigenvalue weighted by Gasteiger charge is 2.28. The molecule has 5 nitrogen and oxygen atoms in total. The molecule has 0 bridgehead atoms. The lowest BCUT2D eigenvalue weighted by atomic mass is 9.90. The number of benzene rings is 2. The lowest BCUT2D eigenvalue weighted by Crippen LogP contribution is -2.30. The molecule has 3 rings (SSSR count). The monoisotopic (exact) mass is 442 g/mol. The molecule has 0 radical (unpaired) electrons. The Morgan fingerprint density at radius 3 is 2.59 bits per heavy atom. The van der Waals surface area contributed by atoms with E-state index in [1.165, 1.54) is 6.07 Å². The van der Waals surface area contributed by atoms with Crippen LogP contribution in [0.2, 0.25) is 0 Å². The second kappa shape index (κ2) is 10.9. The summed E-state index contributed by atoms with van der Waals surface area (Å²) in [6.07, 6.45) is 1.30. The van der Waals surface area contributed by atoms with Crippen molar-refractivity contribution < 1.29 is 19.0 Å². The Labute approximate surface area is 189 Å². The second-order valence-electron chi connectivity index (χ2n) is 9.02. The van der Waals surface area contributed by atoms with Gasteiger partial charge in [-0.2, -0.15) is 0 Å². The molecule has 0 aliphatic heterocycles. The normalized spacial score (nSPS) is 13.0. The Kier molecular flexibility index (Phi) is 8.29. The number of hydrogen-bond acceptors (Lipinski definition) is 4. The molecule has 0 spiro atoms. The van der Waals surface area contributed by atoms with Crippen molar-refractivity contribution in [1.82, 2.24) is 4.57 Å². The Hall–Kier alpha value is -2.41. The third kappa shape index (κ3) is 6.09. The number of halogens is 1. The Bertz CT molecular complexity index is 1000. The fourth-order valence-electron chi connectivity index (χ4n) is 3.86. The predicted molar refractivity (Wildman–Crippen MR) is 127 cm³/mol. The zero-order chi connectivity index (χ0) is 23.1. The first-order chi connectivity index (χ1) is 15.3. The zero-order valence-electron chi connectivity index (χ0n) is 19.3. The number of aliphatic hydroxyl groups is 1. The van der Waals surface area contributed by atoms with Crippen LogP contribution in [-0.2, 0) is 28.0 Å². The highest BCUT2D eigenvalue weighted by atomic mass is 19.1. The van der Waals surface area contributed by atoms with Gasteiger partial charge in [-0.1, -0.05) is 57.5 Å². The smallest absolute Gasteiger partial charge is 0.148 e. The Morgan fingerprint density at radius 2 is 1.88 bits per heavy atom. The van der Waals surface area contributed by atoms with Crippen LogP contribution in [-0.4, -0.2) is 35.6 Å². The highest BCUT2D eigenvalue weighted by molar-refractivity contribution is 5.85. The summed E-state index contributed by atoms with van der Waals surface area (Å²) in [5, 5.41) is 11.5. The first kappa shape index (κ1) is 24.2. The summed E-state index contributed by atoms with van der Waals surface area (Å²) in [6, 6.07) is 15.1. The van der Waals surface area contributed by atoms with Crippen LogP contribution in [0.1, 0.15) is 44.9 Å². The van der Waals surface area contributed by atoms with Crippen LogP contribution in [0.3, 0.4) is 0 Å². The summed E-state index contributed by atoms with van der Waals surface area (Å²) in [7, 11) is 0. The van der Waals surface area contributed by atoms with Gasteiger partial charge in [0.1, 0.15) is 5.82 Å². The Balaban J connectivity index is 1.82. The standard InChI is InChI=1S/C26H35FN2O3/c1-4-5-11-31-17-21(30)15-29-24-14-22(27)23(28)12-20(24)13-25(29)26(2,3)18-32-16-19-9-7-6-8-10-19/h6-10,12-14,21,30H,4-5,11,15-18,28H2,1-3H3/t21-/m1/s1. The van der Waals surface area contributed by atoms with Gasteiger partial charge in [-0.05, 0) is 24.1 Å². The van der Waals surface area contributed by atoms with Crippen LogP contribution in [0, 0.1) is 5.82 Å². The minimum atomic E-state index is -0.706. The minimum absolute atomic E-state index is 0.114. The van der Waals surface area contributed by atoms with Crippen LogP contribution < -0.4 is 5.73 Å². The molecule has 3 aromatic rings. The van der Waals surface area contributed by atoms with Crippen molar-refractivity contribution in [3.8, 4) is 0 Å². The molecule has 174 valence electrons. The van der Waals surface area contributed by atoms with Crippen molar-refractivity contribution in [3.63, 3.8) is 0 Å². The molecule has 2 aromatic carbocycles. The summed E-state index contributed by atoms with van der Waals surface area (Å²) in [4.78, 5) is 0. The van der Waals surface area contributed by atoms with Crippen molar-refractivity contribution >= 4 is 16.6 Å². The van der Waals surface area contributed by atoms with Gasteiger partial charge in [0.2, 0.25) is 0 Å². The van der Waals surface area contributed by atoms with Gasteiger partial charge >= 0.3 is 0 Å². The molecule has 32 heavy (non-hydrogen) atoms. The molecule has 0 saturated heterocycles. The molecule has 0 aliphatic rings. The zero-order valence-corrected chi connectivity index (χ0v) is 19.3. The van der Waals surface area contributed by atoms with E-state index in [1.54, 1.807) is 6.07 Å². The number of aliphatic hydroxyl groups excluding tert-OH is 1. The molecule has 3 N–H and O–H groups in total. The van der Waals surface area contributed by atoms with E-state index in [0.29, 0.717) is 31.9 Å². The van der Waals surface area contributed by atoms with Gasteiger partial charge in [-0.3, -0.25) is 0 Å². The lowest BCUT2D eigenvalue weighted by molar-refractivity contribution is 0.0261. The summed E-state index contributed by atoms with van der Waals surface area (Å²) < 4.78 is 27.9. The first-order valence-electron chi connectivity index (χ1n) is 11.3. The molecule has 0 aliphatic carbocycles. The van der Waals surface area contributed by atoms with E-state index in [2.05, 4.69) is 20.8 Å². The first-order valence-corrected chi connectivity index (χ1v) is 11.3. The Morgan fingerprint density at radius 1 is 1.12 bits per heavy atom. The average molecular weight is 443 g/mol. The predicted octanol–water partition coefficient (Wildman–Crippen LogP) is 5.03. The van der Waals surface area contributed by atoms with E-state index in [9.17, 15) is 9.50 Å². The maximum Gasteiger partial charge on any atom is 0.148 e. The van der Waals surface area contributed by atoms with Crippen molar-refractivity contribution in [1.29, 1.82) is 0 Å². The minimum Gasteiger partial charge on any atom is -0.396 e. The highest BCUT2D eigenvalue weighted by Crippen LogP contribution is 2.33. The van der Waals surface area contributed by atoms with Crippen LogP contribution in [0.5, 0.6) is 0 Å². The molecule has 0 unspecified atom stereocenters. The van der Waals surface area contributed by atoms with Crippen LogP contribution >= 0.6 is 0 Å². The topological polar surface area (TPSA) is 69.6 Å². The van der Waals surface area contributed by atoms with Gasteiger partial charge in [-0.25, -0.2) is 4.39 Å². The summed E-state index contributed by atoms with van der Waals surface area (Å²) in [6.45, 7) is 8.42. The van der Waals surface area contributed by atoms with Gasteiger partial charge in [0.05, 0.1) is 43.7 Å². The molecular formula is C26H35FN2O3. The third-order valence-corrected chi connectivity index (χ3v) is 5.63. The van der Waals surface area contributed by atoms with Crippen LogP contribution in [0.25, 0.3) is 10.9 Å². The van der Waals surface area contributed by atoms with Crippen LogP contribution in [0.15, 0.2) is 48.5 Å². The number of aromatic nitrogens is 1. The molecule has 1 aromatic heterocycles. The molecule has 6 heteroatoms. The maximum absolute atomic E-state index is 14.3. The SMILES string of the molecule is CCCCOC[C@H](O)Cn1c(C(C)(C)COCc2ccccc2)cc2cc(N)c(F)cc21. The van der Waals surface area contributed by atoms with E-state index >= 15 is 0 Å². The third-order valence-electron chi connectivity index (χ3n) is 5.63. The number of nitrogens with two attached hydrogens (primary N) is 1. The maximum atomic E-state index is 14.3. The largest absolute Gasteiger partial charge is 0.396 e. The van der Waals surface area contributed by atoms with E-state index in [4.69, 9.17) is 15.2 Å². The number of nitrogens with zero attached hydrogens (tertiary/aromatic N) is 1. The van der Waals surface area contributed by atoms with Gasteiger partial charge in [0.25, 0.3) is 0 Å². The number of fused-ring (bicyclic) bond motifs is 1. The number of rotatable bonds is 12. The van der Waals surface area contributed by atoms with Gasteiger partial charge in [0.15, 0.2) is 0 Å². The van der Waals surface area contributed by atoms with Crippen molar-refractivity contribution in [2.75, 3.05) is 25.6 Å². The number of hydrogen-bond donors (Lipinski definition) is 2. The molecule has 1 atom stereocenters. The number of ether oxygens (including phenoxy) is 2. The van der Waals surface area contributed by atoms with Crippen molar-refractivity contribution in [2.45, 2.75) is 58.3 Å². The lowest BCUT2D eigenvalue weighted by Gasteiger charge is -2.28. The van der Waals surface area contributed by atoms with E-state index < -0.39 is 11.9 Å². The van der Waals surface area contributed by atoms with Crippen molar-refractivity contribution in [3.05, 3.63) is 65.6 Å². The fourth-order valence-corrected chi connectivity index (χ4v) is 3.86. The van der Waals surface area contributed by atoms with E-state index in [0.717, 1.165) is 29.5 Å². The quantitative estimate of drug-likeness (QED) is 0.305. The number of nitrogen functional groups attached to an aromatic ring is 1. The molecule has 1 heterocycles. The van der Waals surface area contributed by atoms with E-state index in [1.807, 2.05) is 41.0 Å². The van der Waals surface area contributed by atoms with Crippen LogP contribution in [0.4, 0.5) is 10.1 Å². The molecular weight excluding hydrogens is 407 g/mol. The van der Waals surface area contributed by atoms with Crippen molar-refractivity contribution in [2.24, 2.45) is 0 Å². The number of unbranched alkanes of at least 4 members (excludes halogenated alkanes) is 1. The van der Waals surface area contributed by atoms with Gasteiger partial charge in [-0.15, -0.1) is 0 Å². The number of anilines is 1. The second-order valence-corrected chi connectivity index (χ2v) is 9.02. The van der Waals surface area contributed by atoms with Gasteiger partial charge in [0, 0.05) is 29.2 Å². The van der Waals surface area contributed by atoms with E-state index in [-0.39, 0.29) is 17.7 Å². The molecule has 0 amide bonds. The summed E-state index contributed by atoms with van der Waals surface area (Å²) in [5.41, 5.74) is 8.33. The fraction of sp³-hybridized carbons (Fsp3) is 0.462. The average Bonchev–Trinajstić information content (AvgIpc) is 3.10.